The summed E-state index contributed by atoms with van der Waals surface area (Å²) < 4.78 is 5.52. The first-order chi connectivity index (χ1) is 15.3. The van der Waals surface area contributed by atoms with Crippen molar-refractivity contribution in [3.63, 3.8) is 0 Å². The molecule has 7 heteroatoms. The van der Waals surface area contributed by atoms with Gasteiger partial charge in [0, 0.05) is 19.0 Å². The van der Waals surface area contributed by atoms with Crippen molar-refractivity contribution in [1.82, 2.24) is 10.2 Å². The van der Waals surface area contributed by atoms with Gasteiger partial charge in [0.05, 0.1) is 6.42 Å². The summed E-state index contributed by atoms with van der Waals surface area (Å²) in [5.41, 5.74) is 4.56. The number of carboxylic acids is 1. The van der Waals surface area contributed by atoms with Crippen molar-refractivity contribution < 1.29 is 24.2 Å². The lowest BCUT2D eigenvalue weighted by Gasteiger charge is -2.22. The Morgan fingerprint density at radius 3 is 2.25 bits per heavy atom. The van der Waals surface area contributed by atoms with Crippen molar-refractivity contribution in [1.29, 1.82) is 0 Å². The van der Waals surface area contributed by atoms with Crippen LogP contribution in [-0.2, 0) is 14.3 Å². The number of carbonyl (C=O) groups excluding carboxylic acids is 2. The summed E-state index contributed by atoms with van der Waals surface area (Å²) in [5.74, 6) is -1.09. The maximum Gasteiger partial charge on any atom is 0.407 e. The molecule has 168 valence electrons. The van der Waals surface area contributed by atoms with Crippen molar-refractivity contribution >= 4 is 18.0 Å². The van der Waals surface area contributed by atoms with Crippen molar-refractivity contribution in [2.75, 3.05) is 19.7 Å². The number of benzene rings is 2. The fourth-order valence-electron chi connectivity index (χ4n) is 4.86. The first-order valence-corrected chi connectivity index (χ1v) is 11.0. The molecule has 1 aliphatic heterocycles. The van der Waals surface area contributed by atoms with Gasteiger partial charge in [-0.05, 0) is 41.0 Å². The van der Waals surface area contributed by atoms with E-state index in [0.29, 0.717) is 13.1 Å². The number of aliphatic carboxylic acids is 1. The second-order valence-corrected chi connectivity index (χ2v) is 8.77. The van der Waals surface area contributed by atoms with Crippen LogP contribution in [0.15, 0.2) is 48.5 Å². The van der Waals surface area contributed by atoms with Gasteiger partial charge in [-0.1, -0.05) is 55.5 Å². The molecule has 3 atom stereocenters. The molecule has 7 nitrogen and oxygen atoms in total. The maximum atomic E-state index is 12.8. The van der Waals surface area contributed by atoms with E-state index in [-0.39, 0.29) is 36.7 Å². The number of hydrogen-bond donors (Lipinski definition) is 2. The molecule has 0 aromatic heterocycles. The zero-order valence-corrected chi connectivity index (χ0v) is 18.3. The Hall–Kier alpha value is -3.35. The van der Waals surface area contributed by atoms with Gasteiger partial charge in [0.25, 0.3) is 0 Å². The summed E-state index contributed by atoms with van der Waals surface area (Å²) in [6, 6.07) is 15.5. The Morgan fingerprint density at radius 1 is 1.06 bits per heavy atom. The number of amides is 2. The van der Waals surface area contributed by atoms with E-state index < -0.39 is 18.1 Å². The molecule has 4 rings (SSSR count). The summed E-state index contributed by atoms with van der Waals surface area (Å²) in [6.45, 7) is 4.64. The molecule has 1 saturated heterocycles. The molecular weight excluding hydrogens is 408 g/mol. The minimum Gasteiger partial charge on any atom is -0.481 e. The van der Waals surface area contributed by atoms with Crippen LogP contribution >= 0.6 is 0 Å². The molecule has 1 heterocycles. The Morgan fingerprint density at radius 2 is 1.66 bits per heavy atom. The zero-order valence-electron chi connectivity index (χ0n) is 18.3. The lowest BCUT2D eigenvalue weighted by Crippen LogP contribution is -2.46. The average molecular weight is 437 g/mol. The third-order valence-corrected chi connectivity index (χ3v) is 6.56. The van der Waals surface area contributed by atoms with Gasteiger partial charge in [-0.25, -0.2) is 4.79 Å². The molecule has 2 aromatic rings. The van der Waals surface area contributed by atoms with Gasteiger partial charge in [0.1, 0.15) is 12.6 Å². The highest BCUT2D eigenvalue weighted by atomic mass is 16.5. The van der Waals surface area contributed by atoms with E-state index in [1.54, 1.807) is 11.8 Å². The number of rotatable bonds is 6. The molecule has 2 amide bonds. The molecule has 2 aliphatic rings. The largest absolute Gasteiger partial charge is 0.481 e. The number of carbonyl (C=O) groups is 3. The third-order valence-electron chi connectivity index (χ3n) is 6.56. The van der Waals surface area contributed by atoms with E-state index >= 15 is 0 Å². The van der Waals surface area contributed by atoms with Gasteiger partial charge < -0.3 is 20.1 Å². The molecule has 0 saturated carbocycles. The number of likely N-dealkylation sites (tertiary alicyclic amines) is 1. The highest BCUT2D eigenvalue weighted by Crippen LogP contribution is 2.44. The molecular formula is C25H28N2O5. The monoisotopic (exact) mass is 436 g/mol. The second-order valence-electron chi connectivity index (χ2n) is 8.77. The van der Waals surface area contributed by atoms with Crippen LogP contribution in [-0.4, -0.2) is 53.7 Å². The Balaban J connectivity index is 1.34. The van der Waals surface area contributed by atoms with Crippen molar-refractivity contribution in [2.24, 2.45) is 11.8 Å². The van der Waals surface area contributed by atoms with E-state index in [4.69, 9.17) is 9.84 Å². The van der Waals surface area contributed by atoms with Crippen LogP contribution in [0, 0.1) is 11.8 Å². The van der Waals surface area contributed by atoms with Gasteiger partial charge in [0.2, 0.25) is 5.91 Å². The minimum absolute atomic E-state index is 0.0408. The van der Waals surface area contributed by atoms with Gasteiger partial charge in [-0.2, -0.15) is 0 Å². The molecule has 2 aromatic carbocycles. The summed E-state index contributed by atoms with van der Waals surface area (Å²) in [4.78, 5) is 37.8. The van der Waals surface area contributed by atoms with E-state index in [2.05, 4.69) is 29.6 Å². The second kappa shape index (κ2) is 9.02. The number of fused-ring (bicyclic) bond motifs is 3. The summed E-state index contributed by atoms with van der Waals surface area (Å²) >= 11 is 0. The van der Waals surface area contributed by atoms with Crippen molar-refractivity contribution in [2.45, 2.75) is 32.2 Å². The molecule has 0 radical (unpaired) electrons. The van der Waals surface area contributed by atoms with Crippen LogP contribution in [0.5, 0.6) is 0 Å². The summed E-state index contributed by atoms with van der Waals surface area (Å²) in [7, 11) is 0. The predicted octanol–water partition coefficient (Wildman–Crippen LogP) is 3.48. The molecule has 1 fully saturated rings. The van der Waals surface area contributed by atoms with Crippen molar-refractivity contribution in [3.8, 4) is 11.1 Å². The number of nitrogens with zero attached hydrogens (tertiary/aromatic N) is 1. The fraction of sp³-hybridized carbons (Fsp3) is 0.400. The number of alkyl carbamates (subject to hydrolysis) is 1. The molecule has 0 unspecified atom stereocenters. The molecule has 0 bridgehead atoms. The molecule has 1 aliphatic carbocycles. The zero-order chi connectivity index (χ0) is 22.8. The van der Waals surface area contributed by atoms with Crippen LogP contribution in [0.1, 0.15) is 37.3 Å². The topological polar surface area (TPSA) is 95.9 Å². The van der Waals surface area contributed by atoms with Gasteiger partial charge >= 0.3 is 12.1 Å². The first-order valence-electron chi connectivity index (χ1n) is 11.0. The quantitative estimate of drug-likeness (QED) is 0.723. The van der Waals surface area contributed by atoms with E-state index in [0.717, 1.165) is 22.3 Å². The minimum atomic E-state index is -0.860. The lowest BCUT2D eigenvalue weighted by atomic mass is 9.95. The lowest BCUT2D eigenvalue weighted by molar-refractivity contribution is -0.138. The Bertz CT molecular complexity index is 991. The smallest absolute Gasteiger partial charge is 0.407 e. The van der Waals surface area contributed by atoms with E-state index in [1.165, 1.54) is 0 Å². The molecule has 2 N–H and O–H groups in total. The third kappa shape index (κ3) is 4.33. The summed E-state index contributed by atoms with van der Waals surface area (Å²) in [5, 5.41) is 11.7. The van der Waals surface area contributed by atoms with Crippen LogP contribution in [0.25, 0.3) is 11.1 Å². The number of hydrogen-bond acceptors (Lipinski definition) is 4. The summed E-state index contributed by atoms with van der Waals surface area (Å²) in [6.07, 6.45) is -0.596. The predicted molar refractivity (Wildman–Crippen MR) is 119 cm³/mol. The van der Waals surface area contributed by atoms with Crippen LogP contribution < -0.4 is 5.32 Å². The number of nitrogens with one attached hydrogen (secondary N) is 1. The van der Waals surface area contributed by atoms with Crippen LogP contribution in [0.4, 0.5) is 4.79 Å². The highest BCUT2D eigenvalue weighted by Gasteiger charge is 2.36. The first kappa shape index (κ1) is 21.9. The standard InChI is InChI=1S/C25H28N2O5/c1-15-12-27(13-17(15)11-23(28)29)24(30)16(2)26-25(31)32-14-22-20-9-5-3-7-18(20)19-8-4-6-10-21(19)22/h3-10,15-17,22H,11-14H2,1-2H3,(H,26,31)(H,28,29)/t15-,16+,17-/m1/s1. The maximum absolute atomic E-state index is 12.8. The van der Waals surface area contributed by atoms with E-state index in [1.807, 2.05) is 31.2 Å². The number of carboxylic acid groups (broad SMARTS) is 1. The van der Waals surface area contributed by atoms with E-state index in [9.17, 15) is 14.4 Å². The average Bonchev–Trinajstić information content (AvgIpc) is 3.29. The van der Waals surface area contributed by atoms with Gasteiger partial charge in [0.15, 0.2) is 0 Å². The molecule has 0 spiro atoms. The molecule has 32 heavy (non-hydrogen) atoms. The normalized spacial score (nSPS) is 20.4. The number of ether oxygens (including phenoxy) is 1. The highest BCUT2D eigenvalue weighted by molar-refractivity contribution is 5.85. The van der Waals surface area contributed by atoms with Crippen LogP contribution in [0.2, 0.25) is 0 Å². The SMILES string of the molecule is C[C@H](NC(=O)OCC1c2ccccc2-c2ccccc21)C(=O)N1C[C@@H](CC(=O)O)[C@H](C)C1. The Labute approximate surface area is 187 Å². The fourth-order valence-corrected chi connectivity index (χ4v) is 4.86. The van der Waals surface area contributed by atoms with Gasteiger partial charge in [-0.3, -0.25) is 9.59 Å². The van der Waals surface area contributed by atoms with Crippen LogP contribution in [0.3, 0.4) is 0 Å². The van der Waals surface area contributed by atoms with Gasteiger partial charge in [-0.15, -0.1) is 0 Å². The Kier molecular flexibility index (Phi) is 6.17. The van der Waals surface area contributed by atoms with Crippen molar-refractivity contribution in [3.05, 3.63) is 59.7 Å².